The molecule has 0 aliphatic heterocycles. The fourth-order valence-corrected chi connectivity index (χ4v) is 3.45. The number of hydrogen-bond acceptors (Lipinski definition) is 2. The van der Waals surface area contributed by atoms with Gasteiger partial charge in [-0.05, 0) is 62.3 Å². The third-order valence-electron chi connectivity index (χ3n) is 4.45. The van der Waals surface area contributed by atoms with Crippen LogP contribution < -0.4 is 10.6 Å². The Kier molecular flexibility index (Phi) is 6.05. The van der Waals surface area contributed by atoms with E-state index < -0.39 is 0 Å². The molecule has 0 radical (unpaired) electrons. The number of nitrogens with one attached hydrogen (secondary N) is 2. The zero-order valence-corrected chi connectivity index (χ0v) is 17.6. The third kappa shape index (κ3) is 4.61. The molecule has 27 heavy (non-hydrogen) atoms. The minimum Gasteiger partial charge on any atom is -0.332 e. The van der Waals surface area contributed by atoms with Gasteiger partial charge in [-0.15, -0.1) is 0 Å². The molecule has 0 amide bonds. The molecule has 0 aliphatic carbocycles. The number of aromatic nitrogens is 2. The molecule has 1 aromatic heterocycles. The second-order valence-corrected chi connectivity index (χ2v) is 7.58. The van der Waals surface area contributed by atoms with Crippen LogP contribution in [-0.4, -0.2) is 14.9 Å². The van der Waals surface area contributed by atoms with Gasteiger partial charge >= 0.3 is 0 Å². The lowest BCUT2D eigenvalue weighted by Gasteiger charge is -2.12. The molecule has 0 unspecified atom stereocenters. The van der Waals surface area contributed by atoms with Gasteiger partial charge < -0.3 is 10.6 Å². The Hall–Kier alpha value is -2.08. The van der Waals surface area contributed by atoms with Gasteiger partial charge in [-0.25, -0.2) is 0 Å². The number of hydrogen-bond donors (Lipinski definition) is 2. The van der Waals surface area contributed by atoms with Crippen LogP contribution in [0.2, 0.25) is 10.0 Å². The molecular formula is C20H20Cl2N4S. The van der Waals surface area contributed by atoms with Gasteiger partial charge in [-0.1, -0.05) is 41.4 Å². The lowest BCUT2D eigenvalue weighted by Crippen LogP contribution is -2.20. The highest BCUT2D eigenvalue weighted by Crippen LogP contribution is 2.26. The molecule has 3 rings (SSSR count). The predicted octanol–water partition coefficient (Wildman–Crippen LogP) is 5.97. The maximum Gasteiger partial charge on any atom is 0.176 e. The molecule has 3 aromatic rings. The standard InChI is InChI=1S/C20H20Cl2N4S/c1-12-6-4-9-18(14(12)3)23-20(27)24-19-10-13(2)26(25-19)11-15-16(21)7-5-8-17(15)22/h4-10H,11H2,1-3H3,(H2,23,24,25,27). The van der Waals surface area contributed by atoms with Crippen LogP contribution in [0.5, 0.6) is 0 Å². The second kappa shape index (κ2) is 8.30. The van der Waals surface area contributed by atoms with Crippen molar-refractivity contribution in [3.05, 3.63) is 74.9 Å². The van der Waals surface area contributed by atoms with Crippen molar-refractivity contribution in [2.45, 2.75) is 27.3 Å². The van der Waals surface area contributed by atoms with Crippen molar-refractivity contribution in [3.8, 4) is 0 Å². The van der Waals surface area contributed by atoms with E-state index >= 15 is 0 Å². The van der Waals surface area contributed by atoms with Crippen molar-refractivity contribution in [2.75, 3.05) is 10.6 Å². The third-order valence-corrected chi connectivity index (χ3v) is 5.36. The average molecular weight is 419 g/mol. The molecule has 140 valence electrons. The molecular weight excluding hydrogens is 399 g/mol. The van der Waals surface area contributed by atoms with Crippen LogP contribution in [0, 0.1) is 20.8 Å². The minimum atomic E-state index is 0.489. The molecule has 0 saturated carbocycles. The smallest absolute Gasteiger partial charge is 0.176 e. The lowest BCUT2D eigenvalue weighted by atomic mass is 10.1. The van der Waals surface area contributed by atoms with Gasteiger partial charge in [0.2, 0.25) is 0 Å². The summed E-state index contributed by atoms with van der Waals surface area (Å²) in [5, 5.41) is 12.7. The highest BCUT2D eigenvalue weighted by Gasteiger charge is 2.11. The molecule has 4 nitrogen and oxygen atoms in total. The van der Waals surface area contributed by atoms with E-state index in [0.29, 0.717) is 27.5 Å². The van der Waals surface area contributed by atoms with E-state index in [9.17, 15) is 0 Å². The molecule has 2 aromatic carbocycles. The van der Waals surface area contributed by atoms with Crippen LogP contribution in [0.3, 0.4) is 0 Å². The number of nitrogens with zero attached hydrogens (tertiary/aromatic N) is 2. The minimum absolute atomic E-state index is 0.489. The molecule has 2 N–H and O–H groups in total. The topological polar surface area (TPSA) is 41.9 Å². The van der Waals surface area contributed by atoms with Gasteiger partial charge in [-0.3, -0.25) is 4.68 Å². The van der Waals surface area contributed by atoms with Crippen LogP contribution in [-0.2, 0) is 6.54 Å². The van der Waals surface area contributed by atoms with Crippen LogP contribution in [0.15, 0.2) is 42.5 Å². The van der Waals surface area contributed by atoms with Crippen molar-refractivity contribution in [3.63, 3.8) is 0 Å². The SMILES string of the molecule is Cc1cccc(NC(=S)Nc2cc(C)n(Cc3c(Cl)cccc3Cl)n2)c1C. The molecule has 0 aliphatic rings. The summed E-state index contributed by atoms with van der Waals surface area (Å²) in [6.45, 7) is 6.60. The Morgan fingerprint density at radius 3 is 2.41 bits per heavy atom. The molecule has 7 heteroatoms. The van der Waals surface area contributed by atoms with Gasteiger partial charge in [0.05, 0.1) is 6.54 Å². The summed E-state index contributed by atoms with van der Waals surface area (Å²) in [5.74, 6) is 0.665. The quantitative estimate of drug-likeness (QED) is 0.511. The van der Waals surface area contributed by atoms with Gasteiger partial charge in [0, 0.05) is 33.1 Å². The first-order valence-electron chi connectivity index (χ1n) is 8.46. The summed E-state index contributed by atoms with van der Waals surface area (Å²) < 4.78 is 1.84. The Morgan fingerprint density at radius 1 is 1.04 bits per heavy atom. The van der Waals surface area contributed by atoms with Crippen molar-refractivity contribution < 1.29 is 0 Å². The highest BCUT2D eigenvalue weighted by atomic mass is 35.5. The van der Waals surface area contributed by atoms with E-state index in [-0.39, 0.29) is 0 Å². The van der Waals surface area contributed by atoms with Gasteiger partial charge in [0.15, 0.2) is 10.9 Å². The molecule has 0 fully saturated rings. The second-order valence-electron chi connectivity index (χ2n) is 6.36. The Labute approximate surface area is 174 Å². The zero-order chi connectivity index (χ0) is 19.6. The number of aryl methyl sites for hydroxylation is 2. The molecule has 0 saturated heterocycles. The first-order valence-corrected chi connectivity index (χ1v) is 9.63. The van der Waals surface area contributed by atoms with E-state index in [4.69, 9.17) is 35.4 Å². The fraction of sp³-hybridized carbons (Fsp3) is 0.200. The molecule has 1 heterocycles. The lowest BCUT2D eigenvalue weighted by molar-refractivity contribution is 0.668. The van der Waals surface area contributed by atoms with Crippen LogP contribution in [0.4, 0.5) is 11.5 Å². The van der Waals surface area contributed by atoms with Gasteiger partial charge in [-0.2, -0.15) is 5.10 Å². The summed E-state index contributed by atoms with van der Waals surface area (Å²) in [6.07, 6.45) is 0. The first-order chi connectivity index (χ1) is 12.8. The normalized spacial score (nSPS) is 10.7. The summed E-state index contributed by atoms with van der Waals surface area (Å²) in [7, 11) is 0. The highest BCUT2D eigenvalue weighted by molar-refractivity contribution is 7.80. The van der Waals surface area contributed by atoms with E-state index in [1.54, 1.807) is 0 Å². The van der Waals surface area contributed by atoms with Gasteiger partial charge in [0.25, 0.3) is 0 Å². The monoisotopic (exact) mass is 418 g/mol. The summed E-state index contributed by atoms with van der Waals surface area (Å²) in [5.41, 5.74) is 5.17. The van der Waals surface area contributed by atoms with Crippen molar-refractivity contribution in [1.82, 2.24) is 9.78 Å². The average Bonchev–Trinajstić information content (AvgIpc) is 2.94. The van der Waals surface area contributed by atoms with Crippen molar-refractivity contribution in [1.29, 1.82) is 0 Å². The first kappa shape index (κ1) is 19.7. The molecule has 0 bridgehead atoms. The maximum atomic E-state index is 6.27. The molecule has 0 atom stereocenters. The van der Waals surface area contributed by atoms with Crippen LogP contribution in [0.25, 0.3) is 0 Å². The number of thiocarbonyl (C=S) groups is 1. The van der Waals surface area contributed by atoms with E-state index in [0.717, 1.165) is 22.5 Å². The van der Waals surface area contributed by atoms with E-state index in [1.165, 1.54) is 5.56 Å². The summed E-state index contributed by atoms with van der Waals surface area (Å²) in [6, 6.07) is 13.5. The Morgan fingerprint density at radius 2 is 1.70 bits per heavy atom. The number of anilines is 2. The maximum absolute atomic E-state index is 6.27. The zero-order valence-electron chi connectivity index (χ0n) is 15.3. The number of benzene rings is 2. The summed E-state index contributed by atoms with van der Waals surface area (Å²) >= 11 is 18.0. The predicted molar refractivity (Wildman–Crippen MR) is 118 cm³/mol. The van der Waals surface area contributed by atoms with Crippen molar-refractivity contribution >= 4 is 52.0 Å². The largest absolute Gasteiger partial charge is 0.332 e. The van der Waals surface area contributed by atoms with E-state index in [2.05, 4.69) is 35.6 Å². The van der Waals surface area contributed by atoms with E-state index in [1.807, 2.05) is 48.0 Å². The Balaban J connectivity index is 1.73. The summed E-state index contributed by atoms with van der Waals surface area (Å²) in [4.78, 5) is 0. The van der Waals surface area contributed by atoms with Gasteiger partial charge in [0.1, 0.15) is 0 Å². The van der Waals surface area contributed by atoms with Crippen molar-refractivity contribution in [2.24, 2.45) is 0 Å². The fourth-order valence-electron chi connectivity index (χ4n) is 2.72. The number of rotatable bonds is 4. The number of halogens is 2. The molecule has 0 spiro atoms. The van der Waals surface area contributed by atoms with Crippen LogP contribution in [0.1, 0.15) is 22.4 Å². The Bertz CT molecular complexity index is 977. The van der Waals surface area contributed by atoms with Crippen LogP contribution >= 0.6 is 35.4 Å².